The molecule has 0 bridgehead atoms. The summed E-state index contributed by atoms with van der Waals surface area (Å²) in [6.45, 7) is 4.20. The molecule has 3 rings (SSSR count). The van der Waals surface area contributed by atoms with Crippen molar-refractivity contribution in [3.8, 4) is 6.07 Å². The van der Waals surface area contributed by atoms with Crippen LogP contribution < -0.4 is 5.32 Å². The number of aromatic nitrogens is 4. The van der Waals surface area contributed by atoms with Gasteiger partial charge in [-0.3, -0.25) is 4.79 Å². The molecule has 1 saturated heterocycles. The van der Waals surface area contributed by atoms with E-state index >= 15 is 0 Å². The molecule has 25 heavy (non-hydrogen) atoms. The van der Waals surface area contributed by atoms with Crippen LogP contribution in [0.2, 0.25) is 0 Å². The number of likely N-dealkylation sites (tertiary alicyclic amines) is 1. The maximum Gasteiger partial charge on any atom is 0.223 e. The van der Waals surface area contributed by atoms with Crippen LogP contribution in [0, 0.1) is 31.1 Å². The van der Waals surface area contributed by atoms with Gasteiger partial charge in [-0.15, -0.1) is 5.10 Å². The number of aryl methyl sites for hydroxylation is 2. The van der Waals surface area contributed by atoms with Crippen molar-refractivity contribution in [3.63, 3.8) is 0 Å². The summed E-state index contributed by atoms with van der Waals surface area (Å²) in [5.41, 5.74) is 2.06. The van der Waals surface area contributed by atoms with Crippen LogP contribution >= 0.6 is 0 Å². The monoisotopic (exact) mass is 339 g/mol. The highest BCUT2D eigenvalue weighted by Crippen LogP contribution is 2.36. The van der Waals surface area contributed by atoms with Gasteiger partial charge in [0.1, 0.15) is 17.5 Å². The third kappa shape index (κ3) is 2.93. The minimum Gasteiger partial charge on any atom is -0.367 e. The van der Waals surface area contributed by atoms with E-state index in [1.54, 1.807) is 18.1 Å². The molecule has 1 amide bonds. The summed E-state index contributed by atoms with van der Waals surface area (Å²) in [6, 6.07) is 2.08. The van der Waals surface area contributed by atoms with E-state index in [0.717, 1.165) is 17.1 Å². The Labute approximate surface area is 146 Å². The molecule has 1 N–H and O–H groups in total. The number of anilines is 1. The molecule has 130 valence electrons. The topological polar surface area (TPSA) is 99.7 Å². The fourth-order valence-electron chi connectivity index (χ4n) is 3.28. The molecule has 1 aliphatic heterocycles. The van der Waals surface area contributed by atoms with Gasteiger partial charge >= 0.3 is 0 Å². The molecule has 0 aromatic carbocycles. The smallest absolute Gasteiger partial charge is 0.223 e. The molecule has 0 aliphatic carbocycles. The third-order valence-electron chi connectivity index (χ3n) is 4.91. The maximum atomic E-state index is 12.2. The lowest BCUT2D eigenvalue weighted by atomic mass is 9.99. The Morgan fingerprint density at radius 2 is 2.12 bits per heavy atom. The van der Waals surface area contributed by atoms with Gasteiger partial charge < -0.3 is 14.8 Å². The number of amides is 1. The third-order valence-corrected chi connectivity index (χ3v) is 4.91. The van der Waals surface area contributed by atoms with Crippen LogP contribution in [0.1, 0.15) is 35.1 Å². The number of carbonyl (C=O) groups is 1. The first-order valence-electron chi connectivity index (χ1n) is 8.14. The maximum absolute atomic E-state index is 12.2. The molecule has 0 spiro atoms. The number of carbonyl (C=O) groups excluding carboxylic acids is 1. The van der Waals surface area contributed by atoms with Gasteiger partial charge in [0.25, 0.3) is 0 Å². The Bertz CT molecular complexity index is 851. The van der Waals surface area contributed by atoms with Crippen LogP contribution in [0.15, 0.2) is 12.4 Å². The van der Waals surface area contributed by atoms with Gasteiger partial charge in [0.2, 0.25) is 5.91 Å². The molecule has 1 fully saturated rings. The summed E-state index contributed by atoms with van der Waals surface area (Å²) in [4.78, 5) is 18.4. The van der Waals surface area contributed by atoms with E-state index in [4.69, 9.17) is 0 Å². The zero-order chi connectivity index (χ0) is 18.1. The van der Waals surface area contributed by atoms with Gasteiger partial charge in [0, 0.05) is 45.4 Å². The number of nitriles is 1. The summed E-state index contributed by atoms with van der Waals surface area (Å²) in [5.74, 6) is 1.44. The predicted molar refractivity (Wildman–Crippen MR) is 91.5 cm³/mol. The second-order valence-corrected chi connectivity index (χ2v) is 6.44. The first-order chi connectivity index (χ1) is 11.9. The van der Waals surface area contributed by atoms with E-state index in [2.05, 4.69) is 26.6 Å². The van der Waals surface area contributed by atoms with Crippen molar-refractivity contribution < 1.29 is 4.79 Å². The van der Waals surface area contributed by atoms with E-state index in [-0.39, 0.29) is 17.9 Å². The average molecular weight is 339 g/mol. The zero-order valence-electron chi connectivity index (χ0n) is 14.8. The predicted octanol–water partition coefficient (Wildman–Crippen LogP) is 1.33. The van der Waals surface area contributed by atoms with Crippen molar-refractivity contribution in [2.24, 2.45) is 13.0 Å². The van der Waals surface area contributed by atoms with Crippen molar-refractivity contribution >= 4 is 11.7 Å². The molecule has 0 radical (unpaired) electrons. The molecule has 1 aliphatic rings. The zero-order valence-corrected chi connectivity index (χ0v) is 14.8. The first kappa shape index (κ1) is 16.9. The minimum absolute atomic E-state index is 0.0357. The quantitative estimate of drug-likeness (QED) is 0.902. The molecule has 0 unspecified atom stereocenters. The normalized spacial score (nSPS) is 20.0. The number of hydrogen-bond acceptors (Lipinski definition) is 6. The van der Waals surface area contributed by atoms with Crippen LogP contribution in [0.25, 0.3) is 0 Å². The fraction of sp³-hybridized carbons (Fsp3) is 0.471. The molecular formula is C17H21N7O. The summed E-state index contributed by atoms with van der Waals surface area (Å²) in [6.07, 6.45) is 4.04. The van der Waals surface area contributed by atoms with E-state index in [9.17, 15) is 10.1 Å². The highest BCUT2D eigenvalue weighted by Gasteiger charge is 2.40. The largest absolute Gasteiger partial charge is 0.367 e. The summed E-state index contributed by atoms with van der Waals surface area (Å²) >= 11 is 0. The molecule has 2 atom stereocenters. The van der Waals surface area contributed by atoms with Crippen LogP contribution in [0.3, 0.4) is 0 Å². The lowest BCUT2D eigenvalue weighted by Gasteiger charge is -2.25. The SMILES string of the molecule is Cc1nnc(NC[C@@H]2CC(=O)N(C)[C@H]2c2nccn2C)c(C#N)c1C. The van der Waals surface area contributed by atoms with Gasteiger partial charge in [-0.1, -0.05) is 0 Å². The Kier molecular flexibility index (Phi) is 4.40. The van der Waals surface area contributed by atoms with Gasteiger partial charge in [0.15, 0.2) is 5.82 Å². The number of imidazole rings is 1. The highest BCUT2D eigenvalue weighted by molar-refractivity contribution is 5.79. The molecule has 2 aromatic rings. The lowest BCUT2D eigenvalue weighted by molar-refractivity contribution is -0.127. The summed E-state index contributed by atoms with van der Waals surface area (Å²) in [5, 5.41) is 20.8. The summed E-state index contributed by atoms with van der Waals surface area (Å²) in [7, 11) is 3.73. The Morgan fingerprint density at radius 3 is 2.76 bits per heavy atom. The highest BCUT2D eigenvalue weighted by atomic mass is 16.2. The van der Waals surface area contributed by atoms with Gasteiger partial charge in [-0.25, -0.2) is 4.98 Å². The van der Waals surface area contributed by atoms with Gasteiger partial charge in [-0.05, 0) is 19.4 Å². The average Bonchev–Trinajstić information content (AvgIpc) is 3.12. The second kappa shape index (κ2) is 6.51. The van der Waals surface area contributed by atoms with E-state index in [1.165, 1.54) is 0 Å². The minimum atomic E-state index is -0.106. The molecule has 2 aromatic heterocycles. The Hall–Kier alpha value is -2.95. The van der Waals surface area contributed by atoms with Gasteiger partial charge in [-0.2, -0.15) is 10.4 Å². The van der Waals surface area contributed by atoms with Crippen molar-refractivity contribution in [3.05, 3.63) is 35.0 Å². The van der Waals surface area contributed by atoms with Crippen molar-refractivity contribution in [1.29, 1.82) is 5.26 Å². The van der Waals surface area contributed by atoms with E-state index < -0.39 is 0 Å². The van der Waals surface area contributed by atoms with Crippen molar-refractivity contribution in [2.45, 2.75) is 26.3 Å². The number of nitrogens with zero attached hydrogens (tertiary/aromatic N) is 6. The summed E-state index contributed by atoms with van der Waals surface area (Å²) < 4.78 is 1.93. The van der Waals surface area contributed by atoms with Gasteiger partial charge in [0.05, 0.1) is 11.7 Å². The van der Waals surface area contributed by atoms with Crippen LogP contribution in [-0.2, 0) is 11.8 Å². The molecule has 8 heteroatoms. The number of nitrogens with one attached hydrogen (secondary N) is 1. The van der Waals surface area contributed by atoms with E-state index in [0.29, 0.717) is 24.3 Å². The first-order valence-corrected chi connectivity index (χ1v) is 8.14. The molecule has 0 saturated carbocycles. The van der Waals surface area contributed by atoms with Crippen molar-refractivity contribution in [2.75, 3.05) is 18.9 Å². The number of hydrogen-bond donors (Lipinski definition) is 1. The molecule has 8 nitrogen and oxygen atoms in total. The molecular weight excluding hydrogens is 318 g/mol. The van der Waals surface area contributed by atoms with E-state index in [1.807, 2.05) is 31.7 Å². The molecule has 3 heterocycles. The number of rotatable bonds is 4. The Morgan fingerprint density at radius 1 is 1.36 bits per heavy atom. The van der Waals surface area contributed by atoms with Crippen LogP contribution in [-0.4, -0.2) is 44.1 Å². The Balaban J connectivity index is 1.83. The van der Waals surface area contributed by atoms with Crippen LogP contribution in [0.5, 0.6) is 0 Å². The lowest BCUT2D eigenvalue weighted by Crippen LogP contribution is -2.29. The second-order valence-electron chi connectivity index (χ2n) is 6.44. The fourth-order valence-corrected chi connectivity index (χ4v) is 3.28. The van der Waals surface area contributed by atoms with Crippen molar-refractivity contribution in [1.82, 2.24) is 24.6 Å². The van der Waals surface area contributed by atoms with Crippen LogP contribution in [0.4, 0.5) is 5.82 Å². The standard InChI is InChI=1S/C17H21N7O/c1-10-11(2)21-22-16(13(10)8-18)20-9-12-7-14(25)24(4)15(12)17-19-5-6-23(17)3/h5-6,12,15H,7,9H2,1-4H3,(H,20,22)/t12-,15+/m0/s1.